The molecule has 0 aliphatic heterocycles. The zero-order valence-electron chi connectivity index (χ0n) is 2.30. The average Bonchev–Trinajstić information content (AvgIpc) is 1.41. The molecular formula is C2N2O. The van der Waals surface area contributed by atoms with Crippen LogP contribution in [-0.2, 0) is 0 Å². The summed E-state index contributed by atoms with van der Waals surface area (Å²) in [6.07, 6.45) is 0. The van der Waals surface area contributed by atoms with Crippen LogP contribution in [0, 0.1) is 22.6 Å². The number of nitrogens with zero attached hydrogens (tertiary/aromatic N) is 2. The Balaban J connectivity index is 3.30. The molecule has 0 rings (SSSR count). The first-order valence-electron chi connectivity index (χ1n) is 0.880. The minimum Gasteiger partial charge on any atom is -0.497 e. The Morgan fingerprint density at radius 2 is 2.40 bits per heavy atom. The zero-order valence-corrected chi connectivity index (χ0v) is 2.30. The van der Waals surface area contributed by atoms with Crippen molar-refractivity contribution in [1.29, 1.82) is 5.26 Å². The van der Waals surface area contributed by atoms with Gasteiger partial charge in [-0.05, 0) is 0 Å². The Morgan fingerprint density at radius 3 is 2.40 bits per heavy atom. The summed E-state index contributed by atoms with van der Waals surface area (Å²) in [5, 5.41) is 18.2. The van der Waals surface area contributed by atoms with Crippen molar-refractivity contribution in [2.24, 2.45) is 0 Å². The predicted octanol–water partition coefficient (Wildman–Crippen LogP) is 0.341. The Bertz CT molecular complexity index is 101. The Morgan fingerprint density at radius 1 is 1.80 bits per heavy atom. The fourth-order valence-corrected chi connectivity index (χ4v) is 0.0204. The van der Waals surface area contributed by atoms with E-state index in [9.17, 15) is 0 Å². The van der Waals surface area contributed by atoms with Crippen molar-refractivity contribution in [3.05, 3.63) is 10.2 Å². The van der Waals surface area contributed by atoms with Gasteiger partial charge in [0.1, 0.15) is 0 Å². The molecule has 0 saturated heterocycles. The Labute approximate surface area is 28.8 Å². The molecule has 0 amide bonds. The molecule has 0 aromatic rings. The van der Waals surface area contributed by atoms with E-state index >= 15 is 0 Å². The second-order valence-electron chi connectivity index (χ2n) is 0.315. The molecule has 0 aromatic heterocycles. The van der Waals surface area contributed by atoms with Crippen molar-refractivity contribution in [2.75, 3.05) is 0 Å². The number of nitriles is 1. The van der Waals surface area contributed by atoms with E-state index in [0.29, 0.717) is 0 Å². The molecule has 0 atom stereocenters. The van der Waals surface area contributed by atoms with E-state index in [1.807, 2.05) is 5.01 Å². The van der Waals surface area contributed by atoms with Crippen molar-refractivity contribution in [2.45, 2.75) is 0 Å². The van der Waals surface area contributed by atoms with Crippen LogP contribution in [0.1, 0.15) is 0 Å². The van der Waals surface area contributed by atoms with Gasteiger partial charge < -0.3 is 5.21 Å². The van der Waals surface area contributed by atoms with E-state index in [1.165, 1.54) is 12.1 Å². The maximum absolute atomic E-state index is 8.82. The standard InChI is InChI=1S/C2N2O/c3-1-2-4-5. The maximum Gasteiger partial charge on any atom is 0.419 e. The van der Waals surface area contributed by atoms with E-state index in [1.54, 1.807) is 0 Å². The van der Waals surface area contributed by atoms with E-state index in [-0.39, 0.29) is 0 Å². The van der Waals surface area contributed by atoms with Gasteiger partial charge in [-0.3, -0.25) is 0 Å². The molecule has 24 valence electrons. The van der Waals surface area contributed by atoms with Gasteiger partial charge >= 0.3 is 6.07 Å². The third kappa shape index (κ3) is 2.78. The van der Waals surface area contributed by atoms with E-state index in [0.717, 1.165) is 0 Å². The van der Waals surface area contributed by atoms with Gasteiger partial charge in [-0.2, -0.15) is 5.26 Å². The molecule has 0 spiro atoms. The lowest BCUT2D eigenvalue weighted by Crippen LogP contribution is -1.32. The average molecular weight is 68.0 g/mol. The third-order valence-corrected chi connectivity index (χ3v) is 0.0956. The molecule has 0 heterocycles. The lowest BCUT2D eigenvalue weighted by Gasteiger charge is -1.40. The van der Waals surface area contributed by atoms with Gasteiger partial charge in [-0.15, -0.1) is 0 Å². The lowest BCUT2D eigenvalue weighted by atomic mass is 10.9. The van der Waals surface area contributed by atoms with Gasteiger partial charge in [0.15, 0.2) is 0 Å². The van der Waals surface area contributed by atoms with E-state index in [4.69, 9.17) is 10.5 Å². The van der Waals surface area contributed by atoms with Crippen LogP contribution in [0.3, 0.4) is 0 Å². The first kappa shape index (κ1) is 3.78. The third-order valence-electron chi connectivity index (χ3n) is 0.0956. The SMILES string of the molecule is N#CC#[N+][O-]. The van der Waals surface area contributed by atoms with Gasteiger partial charge in [0.2, 0.25) is 6.07 Å². The molecule has 0 aliphatic carbocycles. The molecular weight excluding hydrogens is 68.0 g/mol. The smallest absolute Gasteiger partial charge is 0.419 e. The van der Waals surface area contributed by atoms with Crippen LogP contribution in [0.5, 0.6) is 0 Å². The van der Waals surface area contributed by atoms with Crippen molar-refractivity contribution in [3.63, 3.8) is 0 Å². The van der Waals surface area contributed by atoms with Crippen molar-refractivity contribution in [1.82, 2.24) is 0 Å². The highest BCUT2D eigenvalue weighted by molar-refractivity contribution is 5.09. The second kappa shape index (κ2) is 2.78. The normalized spacial score (nSPS) is 3.00. The minimum atomic E-state index is 1.29. The van der Waals surface area contributed by atoms with Gasteiger partial charge in [-0.1, -0.05) is 0 Å². The van der Waals surface area contributed by atoms with Crippen LogP contribution in [-0.4, -0.2) is 0 Å². The van der Waals surface area contributed by atoms with Gasteiger partial charge in [0, 0.05) is 5.01 Å². The molecule has 0 unspecified atom stereocenters. The highest BCUT2D eigenvalue weighted by Crippen LogP contribution is 1.48. The number of rotatable bonds is 0. The molecule has 0 radical (unpaired) electrons. The van der Waals surface area contributed by atoms with Crippen LogP contribution in [0.4, 0.5) is 0 Å². The summed E-state index contributed by atoms with van der Waals surface area (Å²) in [6, 6.07) is 2.77. The van der Waals surface area contributed by atoms with Crippen LogP contribution in [0.25, 0.3) is 5.01 Å². The molecule has 5 heavy (non-hydrogen) atoms. The highest BCUT2D eigenvalue weighted by atomic mass is 16.4. The maximum atomic E-state index is 8.82. The van der Waals surface area contributed by atoms with Gasteiger partial charge in [-0.25, -0.2) is 0 Å². The summed E-state index contributed by atoms with van der Waals surface area (Å²) in [6.45, 7) is 0. The lowest BCUT2D eigenvalue weighted by molar-refractivity contribution is 1.55. The molecule has 0 bridgehead atoms. The fourth-order valence-electron chi connectivity index (χ4n) is 0.0204. The van der Waals surface area contributed by atoms with Crippen molar-refractivity contribution in [3.8, 4) is 12.1 Å². The predicted molar refractivity (Wildman–Crippen MR) is 16.2 cm³/mol. The largest absolute Gasteiger partial charge is 0.497 e. The van der Waals surface area contributed by atoms with Crippen molar-refractivity contribution < 1.29 is 0 Å². The zero-order chi connectivity index (χ0) is 4.12. The van der Waals surface area contributed by atoms with Crippen LogP contribution < -0.4 is 0 Å². The van der Waals surface area contributed by atoms with E-state index < -0.39 is 0 Å². The molecule has 0 aromatic carbocycles. The second-order valence-corrected chi connectivity index (χ2v) is 0.315. The number of hydrogen-bond acceptors (Lipinski definition) is 2. The van der Waals surface area contributed by atoms with Crippen LogP contribution in [0.2, 0.25) is 0 Å². The van der Waals surface area contributed by atoms with Crippen LogP contribution in [0.15, 0.2) is 0 Å². The summed E-state index contributed by atoms with van der Waals surface area (Å²) in [5.41, 5.74) is 0. The molecule has 3 nitrogen and oxygen atoms in total. The molecule has 3 heteroatoms. The minimum absolute atomic E-state index is 1.29. The van der Waals surface area contributed by atoms with Crippen LogP contribution >= 0.6 is 0 Å². The molecule has 0 saturated carbocycles. The molecule has 0 fully saturated rings. The quantitative estimate of drug-likeness (QED) is 0.384. The molecule has 0 aliphatic rings. The molecule has 0 N–H and O–H groups in total. The first-order chi connectivity index (χ1) is 2.41. The summed E-state index contributed by atoms with van der Waals surface area (Å²) < 4.78 is 0. The number of hydrogen-bond donors (Lipinski definition) is 0. The summed E-state index contributed by atoms with van der Waals surface area (Å²) >= 11 is 0. The Kier molecular flexibility index (Phi) is 2.10. The van der Waals surface area contributed by atoms with Gasteiger partial charge in [0.25, 0.3) is 0 Å². The fraction of sp³-hybridized carbons (Fsp3) is 0. The van der Waals surface area contributed by atoms with E-state index in [2.05, 4.69) is 0 Å². The van der Waals surface area contributed by atoms with Crippen molar-refractivity contribution >= 4 is 0 Å². The summed E-state index contributed by atoms with van der Waals surface area (Å²) in [4.78, 5) is 0. The highest BCUT2D eigenvalue weighted by Gasteiger charge is 1.59. The van der Waals surface area contributed by atoms with Gasteiger partial charge in [0.05, 0.1) is 0 Å². The topological polar surface area (TPSA) is 51.2 Å². The summed E-state index contributed by atoms with van der Waals surface area (Å²) in [7, 11) is 0. The first-order valence-corrected chi connectivity index (χ1v) is 0.880. The monoisotopic (exact) mass is 68.0 g/mol. The summed E-state index contributed by atoms with van der Waals surface area (Å²) in [5.74, 6) is 0. The Hall–Kier alpha value is -1.22.